The lowest BCUT2D eigenvalue weighted by atomic mass is 9.83. The van der Waals surface area contributed by atoms with Gasteiger partial charge in [-0.05, 0) is 18.4 Å². The van der Waals surface area contributed by atoms with Crippen LogP contribution in [0.3, 0.4) is 0 Å². The minimum absolute atomic E-state index is 0.400. The first kappa shape index (κ1) is 18.0. The van der Waals surface area contributed by atoms with Crippen molar-refractivity contribution in [1.29, 1.82) is 0 Å². The molecule has 0 bridgehead atoms. The monoisotopic (exact) mass is 255 g/mol. The fourth-order valence-corrected chi connectivity index (χ4v) is 2.57. The van der Waals surface area contributed by atoms with E-state index in [0.29, 0.717) is 11.5 Å². The third kappa shape index (κ3) is 9.94. The standard InChI is InChI=1S/C17H37N/c1-6-8-9-10-11-12-13-14-15-16(18-7-2)17(3,4)5/h16,18H,6-15H2,1-5H3. The molecule has 0 aromatic carbocycles. The molecule has 0 aromatic heterocycles. The third-order valence-corrected chi connectivity index (χ3v) is 3.84. The fourth-order valence-electron chi connectivity index (χ4n) is 2.57. The predicted molar refractivity (Wildman–Crippen MR) is 84.1 cm³/mol. The average molecular weight is 255 g/mol. The first-order valence-electron chi connectivity index (χ1n) is 8.25. The van der Waals surface area contributed by atoms with Crippen LogP contribution in [-0.2, 0) is 0 Å². The zero-order chi connectivity index (χ0) is 13.9. The van der Waals surface area contributed by atoms with Gasteiger partial charge in [-0.3, -0.25) is 0 Å². The van der Waals surface area contributed by atoms with E-state index in [4.69, 9.17) is 0 Å². The van der Waals surface area contributed by atoms with Crippen molar-refractivity contribution in [3.05, 3.63) is 0 Å². The van der Waals surface area contributed by atoms with Crippen molar-refractivity contribution in [1.82, 2.24) is 5.32 Å². The van der Waals surface area contributed by atoms with Gasteiger partial charge in [-0.15, -0.1) is 0 Å². The topological polar surface area (TPSA) is 12.0 Å². The van der Waals surface area contributed by atoms with Crippen LogP contribution in [0.2, 0.25) is 0 Å². The van der Waals surface area contributed by atoms with Crippen LogP contribution in [0.25, 0.3) is 0 Å². The minimum Gasteiger partial charge on any atom is -0.314 e. The van der Waals surface area contributed by atoms with E-state index in [1.54, 1.807) is 0 Å². The molecule has 0 radical (unpaired) electrons. The van der Waals surface area contributed by atoms with E-state index in [9.17, 15) is 0 Å². The molecule has 0 spiro atoms. The number of rotatable bonds is 11. The highest BCUT2D eigenvalue weighted by molar-refractivity contribution is 4.79. The number of hydrogen-bond acceptors (Lipinski definition) is 1. The summed E-state index contributed by atoms with van der Waals surface area (Å²) in [6.07, 6.45) is 12.7. The van der Waals surface area contributed by atoms with Crippen LogP contribution < -0.4 is 5.32 Å². The first-order valence-corrected chi connectivity index (χ1v) is 8.25. The normalized spacial score (nSPS) is 13.8. The SMILES string of the molecule is CCCCCCCCCCC(NCC)C(C)(C)C. The van der Waals surface area contributed by atoms with Gasteiger partial charge in [-0.1, -0.05) is 86.0 Å². The van der Waals surface area contributed by atoms with E-state index in [1.807, 2.05) is 0 Å². The molecule has 0 saturated carbocycles. The summed E-state index contributed by atoms with van der Waals surface area (Å²) in [4.78, 5) is 0. The molecule has 1 unspecified atom stereocenters. The van der Waals surface area contributed by atoms with Gasteiger partial charge in [0.05, 0.1) is 0 Å². The molecule has 1 nitrogen and oxygen atoms in total. The van der Waals surface area contributed by atoms with Crippen molar-refractivity contribution in [2.45, 2.75) is 98.4 Å². The van der Waals surface area contributed by atoms with Gasteiger partial charge >= 0.3 is 0 Å². The van der Waals surface area contributed by atoms with Crippen LogP contribution in [0.1, 0.15) is 92.4 Å². The zero-order valence-corrected chi connectivity index (χ0v) is 13.6. The summed E-state index contributed by atoms with van der Waals surface area (Å²) in [6, 6.07) is 0.683. The molecule has 0 aromatic rings. The highest BCUT2D eigenvalue weighted by atomic mass is 14.9. The maximum absolute atomic E-state index is 3.64. The third-order valence-electron chi connectivity index (χ3n) is 3.84. The van der Waals surface area contributed by atoms with Crippen molar-refractivity contribution in [3.63, 3.8) is 0 Å². The van der Waals surface area contributed by atoms with Gasteiger partial charge in [-0.25, -0.2) is 0 Å². The molecule has 0 aliphatic carbocycles. The van der Waals surface area contributed by atoms with E-state index in [2.05, 4.69) is 39.9 Å². The van der Waals surface area contributed by atoms with Crippen molar-refractivity contribution in [3.8, 4) is 0 Å². The quantitative estimate of drug-likeness (QED) is 0.478. The molecule has 110 valence electrons. The minimum atomic E-state index is 0.400. The van der Waals surface area contributed by atoms with E-state index in [1.165, 1.54) is 57.8 Å². The smallest absolute Gasteiger partial charge is 0.0115 e. The van der Waals surface area contributed by atoms with Gasteiger partial charge in [0.2, 0.25) is 0 Å². The van der Waals surface area contributed by atoms with Crippen molar-refractivity contribution < 1.29 is 0 Å². The summed E-state index contributed by atoms with van der Waals surface area (Å²) in [5, 5.41) is 3.64. The molecular formula is C17H37N. The molecule has 0 heterocycles. The van der Waals surface area contributed by atoms with E-state index < -0.39 is 0 Å². The summed E-state index contributed by atoms with van der Waals surface area (Å²) in [6.45, 7) is 12.7. The molecule has 1 N–H and O–H groups in total. The van der Waals surface area contributed by atoms with Crippen molar-refractivity contribution in [2.75, 3.05) is 6.54 Å². The van der Waals surface area contributed by atoms with Crippen LogP contribution in [0.5, 0.6) is 0 Å². The average Bonchev–Trinajstić information content (AvgIpc) is 2.30. The molecule has 0 rings (SSSR count). The maximum Gasteiger partial charge on any atom is 0.0115 e. The van der Waals surface area contributed by atoms with Crippen molar-refractivity contribution >= 4 is 0 Å². The Morgan fingerprint density at radius 2 is 1.28 bits per heavy atom. The molecule has 0 amide bonds. The lowest BCUT2D eigenvalue weighted by molar-refractivity contribution is 0.252. The van der Waals surface area contributed by atoms with Gasteiger partial charge in [0, 0.05) is 6.04 Å². The Labute approximate surface area is 116 Å². The van der Waals surface area contributed by atoms with Gasteiger partial charge in [-0.2, -0.15) is 0 Å². The molecule has 0 fully saturated rings. The number of hydrogen-bond donors (Lipinski definition) is 1. The Bertz CT molecular complexity index is 169. The highest BCUT2D eigenvalue weighted by Gasteiger charge is 2.22. The second kappa shape index (κ2) is 10.8. The Balaban J connectivity index is 3.50. The molecular weight excluding hydrogens is 218 g/mol. The molecule has 0 saturated heterocycles. The van der Waals surface area contributed by atoms with E-state index in [-0.39, 0.29) is 0 Å². The molecule has 0 aliphatic heterocycles. The first-order chi connectivity index (χ1) is 8.52. The molecule has 0 aliphatic rings. The van der Waals surface area contributed by atoms with Crippen LogP contribution >= 0.6 is 0 Å². The summed E-state index contributed by atoms with van der Waals surface area (Å²) < 4.78 is 0. The second-order valence-corrected chi connectivity index (χ2v) is 6.74. The second-order valence-electron chi connectivity index (χ2n) is 6.74. The molecule has 18 heavy (non-hydrogen) atoms. The van der Waals surface area contributed by atoms with E-state index >= 15 is 0 Å². The van der Waals surface area contributed by atoms with Gasteiger partial charge in [0.15, 0.2) is 0 Å². The lowest BCUT2D eigenvalue weighted by Crippen LogP contribution is -2.40. The van der Waals surface area contributed by atoms with Crippen LogP contribution in [0.4, 0.5) is 0 Å². The van der Waals surface area contributed by atoms with Gasteiger partial charge in [0.1, 0.15) is 0 Å². The largest absolute Gasteiger partial charge is 0.314 e. The maximum atomic E-state index is 3.64. The number of nitrogens with one attached hydrogen (secondary N) is 1. The number of unbranched alkanes of at least 4 members (excludes halogenated alkanes) is 7. The van der Waals surface area contributed by atoms with E-state index in [0.717, 1.165) is 6.54 Å². The Kier molecular flexibility index (Phi) is 10.8. The Morgan fingerprint density at radius 3 is 1.72 bits per heavy atom. The van der Waals surface area contributed by atoms with Gasteiger partial charge < -0.3 is 5.32 Å². The highest BCUT2D eigenvalue weighted by Crippen LogP contribution is 2.24. The predicted octanol–water partition coefficient (Wildman–Crippen LogP) is 5.54. The summed E-state index contributed by atoms with van der Waals surface area (Å²) >= 11 is 0. The van der Waals surface area contributed by atoms with Crippen LogP contribution in [0, 0.1) is 5.41 Å². The summed E-state index contributed by atoms with van der Waals surface area (Å²) in [7, 11) is 0. The molecule has 1 atom stereocenters. The fraction of sp³-hybridized carbons (Fsp3) is 1.00. The summed E-state index contributed by atoms with van der Waals surface area (Å²) in [5.74, 6) is 0. The zero-order valence-electron chi connectivity index (χ0n) is 13.6. The Morgan fingerprint density at radius 1 is 0.778 bits per heavy atom. The summed E-state index contributed by atoms with van der Waals surface area (Å²) in [5.41, 5.74) is 0.400. The van der Waals surface area contributed by atoms with Gasteiger partial charge in [0.25, 0.3) is 0 Å². The van der Waals surface area contributed by atoms with Crippen molar-refractivity contribution in [2.24, 2.45) is 5.41 Å². The van der Waals surface area contributed by atoms with Crippen LogP contribution in [-0.4, -0.2) is 12.6 Å². The Hall–Kier alpha value is -0.0400. The molecule has 1 heteroatoms. The lowest BCUT2D eigenvalue weighted by Gasteiger charge is -2.31. The van der Waals surface area contributed by atoms with Crippen LogP contribution in [0.15, 0.2) is 0 Å².